The monoisotopic (exact) mass is 616 g/mol. The van der Waals surface area contributed by atoms with Crippen LogP contribution < -0.4 is 11.5 Å². The Kier molecular flexibility index (Phi) is 19.3. The van der Waals surface area contributed by atoms with Gasteiger partial charge in [-0.2, -0.15) is 4.98 Å². The second-order valence-electron chi connectivity index (χ2n) is 12.5. The van der Waals surface area contributed by atoms with Crippen molar-refractivity contribution in [2.75, 3.05) is 18.9 Å². The van der Waals surface area contributed by atoms with E-state index in [4.69, 9.17) is 20.9 Å². The molecule has 3 atom stereocenters. The lowest BCUT2D eigenvalue weighted by atomic mass is 10.0. The topological polar surface area (TPSA) is 148 Å². The standard InChI is InChI=1S/C34H60N6O4/c1-4-6-7-8-9-10-11-12-13-14-15-16-17-18-19-20-30(41)44-25-28(21-22-43-33(42)31(35)27(3)5-2)24-40-26-38-29-23-37-34(36)39-32(29)40/h23,26-28,31H,4-22,24-25,35H2,1-3H3,(H2,36,37,39)/t27-,28?,31-/m0/s1. The van der Waals surface area contributed by atoms with E-state index in [0.717, 1.165) is 25.7 Å². The first-order chi connectivity index (χ1) is 21.3. The number of nitrogens with zero attached hydrogens (tertiary/aromatic N) is 4. The first-order valence-corrected chi connectivity index (χ1v) is 17.4. The Labute approximate surface area is 265 Å². The van der Waals surface area contributed by atoms with Gasteiger partial charge in [0.1, 0.15) is 11.6 Å². The summed E-state index contributed by atoms with van der Waals surface area (Å²) >= 11 is 0. The van der Waals surface area contributed by atoms with Crippen molar-refractivity contribution >= 4 is 29.1 Å². The van der Waals surface area contributed by atoms with Gasteiger partial charge in [0, 0.05) is 18.9 Å². The lowest BCUT2D eigenvalue weighted by molar-refractivity contribution is -0.149. The summed E-state index contributed by atoms with van der Waals surface area (Å²) in [5, 5.41) is 0. The van der Waals surface area contributed by atoms with Crippen molar-refractivity contribution in [3.8, 4) is 0 Å². The van der Waals surface area contributed by atoms with Crippen molar-refractivity contribution in [2.45, 2.75) is 149 Å². The van der Waals surface area contributed by atoms with Crippen molar-refractivity contribution in [2.24, 2.45) is 17.6 Å². The van der Waals surface area contributed by atoms with E-state index >= 15 is 0 Å². The summed E-state index contributed by atoms with van der Waals surface area (Å²) in [6, 6.07) is -0.650. The molecule has 1 unspecified atom stereocenters. The van der Waals surface area contributed by atoms with Crippen LogP contribution in [0.2, 0.25) is 0 Å². The molecule has 2 aromatic rings. The third kappa shape index (κ3) is 15.3. The van der Waals surface area contributed by atoms with E-state index in [0.29, 0.717) is 30.6 Å². The maximum atomic E-state index is 12.5. The fraction of sp³-hybridized carbons (Fsp3) is 0.794. The number of hydrogen-bond donors (Lipinski definition) is 2. The van der Waals surface area contributed by atoms with Crippen LogP contribution in [0.15, 0.2) is 12.5 Å². The summed E-state index contributed by atoms with van der Waals surface area (Å²) in [6.45, 7) is 7.08. The SMILES string of the molecule is CCCCCCCCCCCCCCCCCC(=O)OCC(CCOC(=O)[C@@H](N)[C@@H](C)CC)Cn1cnc2cnc(N)nc21. The Morgan fingerprint density at radius 3 is 2.05 bits per heavy atom. The fourth-order valence-electron chi connectivity index (χ4n) is 5.34. The van der Waals surface area contributed by atoms with Crippen LogP contribution >= 0.6 is 0 Å². The number of nitrogen functional groups attached to an aromatic ring is 1. The summed E-state index contributed by atoms with van der Waals surface area (Å²) in [6.07, 6.45) is 24.3. The highest BCUT2D eigenvalue weighted by molar-refractivity contribution is 5.75. The Hall–Kier alpha value is -2.75. The molecular weight excluding hydrogens is 556 g/mol. The molecule has 0 aromatic carbocycles. The Morgan fingerprint density at radius 1 is 0.864 bits per heavy atom. The first-order valence-electron chi connectivity index (χ1n) is 17.4. The second kappa shape index (κ2) is 22.7. The minimum absolute atomic E-state index is 0.0430. The van der Waals surface area contributed by atoms with E-state index in [-0.39, 0.29) is 37.0 Å². The molecule has 250 valence electrons. The number of nitrogens with two attached hydrogens (primary N) is 2. The maximum Gasteiger partial charge on any atom is 0.323 e. The minimum Gasteiger partial charge on any atom is -0.465 e. The normalized spacial score (nSPS) is 13.5. The predicted octanol–water partition coefficient (Wildman–Crippen LogP) is 7.14. The quantitative estimate of drug-likeness (QED) is 0.0831. The zero-order chi connectivity index (χ0) is 32.0. The summed E-state index contributed by atoms with van der Waals surface area (Å²) < 4.78 is 13.0. The largest absolute Gasteiger partial charge is 0.465 e. The number of rotatable bonds is 26. The second-order valence-corrected chi connectivity index (χ2v) is 12.5. The Bertz CT molecular complexity index is 1060. The maximum absolute atomic E-state index is 12.5. The van der Waals surface area contributed by atoms with Crippen LogP contribution in [0.5, 0.6) is 0 Å². The van der Waals surface area contributed by atoms with Gasteiger partial charge in [-0.3, -0.25) is 9.59 Å². The predicted molar refractivity (Wildman–Crippen MR) is 177 cm³/mol. The highest BCUT2D eigenvalue weighted by Gasteiger charge is 2.22. The van der Waals surface area contributed by atoms with Crippen LogP contribution in [0.25, 0.3) is 11.2 Å². The van der Waals surface area contributed by atoms with Crippen LogP contribution in [0, 0.1) is 11.8 Å². The van der Waals surface area contributed by atoms with Gasteiger partial charge in [0.25, 0.3) is 0 Å². The summed E-state index contributed by atoms with van der Waals surface area (Å²) in [4.78, 5) is 37.6. The number of aromatic nitrogens is 4. The van der Waals surface area contributed by atoms with Gasteiger partial charge in [0.2, 0.25) is 5.95 Å². The number of fused-ring (bicyclic) bond motifs is 1. The van der Waals surface area contributed by atoms with Crippen molar-refractivity contribution < 1.29 is 19.1 Å². The number of anilines is 1. The molecule has 0 spiro atoms. The van der Waals surface area contributed by atoms with Gasteiger partial charge in [-0.25, -0.2) is 9.97 Å². The molecule has 0 amide bonds. The molecule has 2 rings (SSSR count). The molecule has 0 bridgehead atoms. The van der Waals surface area contributed by atoms with Crippen molar-refractivity contribution in [1.29, 1.82) is 0 Å². The average molecular weight is 617 g/mol. The van der Waals surface area contributed by atoms with Gasteiger partial charge in [0.15, 0.2) is 5.65 Å². The number of imidazole rings is 1. The summed E-state index contributed by atoms with van der Waals surface area (Å²) in [5.41, 5.74) is 13.1. The number of carbonyl (C=O) groups excluding carboxylic acids is 2. The molecule has 0 radical (unpaired) electrons. The Morgan fingerprint density at radius 2 is 1.45 bits per heavy atom. The van der Waals surface area contributed by atoms with Crippen molar-refractivity contribution in [3.05, 3.63) is 12.5 Å². The van der Waals surface area contributed by atoms with Crippen LogP contribution in [-0.4, -0.2) is 50.7 Å². The van der Waals surface area contributed by atoms with Crippen LogP contribution in [0.1, 0.15) is 136 Å². The van der Waals surface area contributed by atoms with Gasteiger partial charge < -0.3 is 25.5 Å². The van der Waals surface area contributed by atoms with Gasteiger partial charge in [-0.1, -0.05) is 117 Å². The minimum atomic E-state index is -0.650. The lowest BCUT2D eigenvalue weighted by Gasteiger charge is -2.20. The van der Waals surface area contributed by atoms with Crippen LogP contribution in [0.3, 0.4) is 0 Å². The molecule has 2 aromatic heterocycles. The zero-order valence-corrected chi connectivity index (χ0v) is 27.8. The third-order valence-corrected chi connectivity index (χ3v) is 8.60. The molecule has 0 aliphatic carbocycles. The number of esters is 2. The number of carbonyl (C=O) groups is 2. The van der Waals surface area contributed by atoms with E-state index in [1.165, 1.54) is 77.0 Å². The summed E-state index contributed by atoms with van der Waals surface area (Å²) in [7, 11) is 0. The van der Waals surface area contributed by atoms with E-state index < -0.39 is 12.0 Å². The summed E-state index contributed by atoms with van der Waals surface area (Å²) in [5.74, 6) is -0.499. The number of unbranched alkanes of at least 4 members (excludes halogenated alkanes) is 14. The van der Waals surface area contributed by atoms with Crippen molar-refractivity contribution in [3.63, 3.8) is 0 Å². The molecule has 0 saturated heterocycles. The number of ether oxygens (including phenoxy) is 2. The molecule has 4 N–H and O–H groups in total. The number of hydrogen-bond acceptors (Lipinski definition) is 9. The van der Waals surface area contributed by atoms with Gasteiger partial charge in [-0.15, -0.1) is 0 Å². The van der Waals surface area contributed by atoms with Crippen LogP contribution in [-0.2, 0) is 25.6 Å². The van der Waals surface area contributed by atoms with E-state index in [1.807, 2.05) is 18.4 Å². The average Bonchev–Trinajstić information content (AvgIpc) is 3.41. The molecule has 44 heavy (non-hydrogen) atoms. The van der Waals surface area contributed by atoms with E-state index in [9.17, 15) is 9.59 Å². The third-order valence-electron chi connectivity index (χ3n) is 8.60. The first kappa shape index (κ1) is 37.4. The molecule has 2 heterocycles. The van der Waals surface area contributed by atoms with Crippen LogP contribution in [0.4, 0.5) is 5.95 Å². The molecule has 0 fully saturated rings. The molecule has 0 aliphatic heterocycles. The highest BCUT2D eigenvalue weighted by Crippen LogP contribution is 2.17. The molecule has 0 saturated carbocycles. The van der Waals surface area contributed by atoms with Gasteiger partial charge >= 0.3 is 11.9 Å². The molecular formula is C34H60N6O4. The Balaban J connectivity index is 1.66. The molecule has 10 heteroatoms. The van der Waals surface area contributed by atoms with Gasteiger partial charge in [0.05, 0.1) is 25.7 Å². The lowest BCUT2D eigenvalue weighted by Crippen LogP contribution is -2.38. The van der Waals surface area contributed by atoms with E-state index in [2.05, 4.69) is 21.9 Å². The van der Waals surface area contributed by atoms with Crippen molar-refractivity contribution in [1.82, 2.24) is 19.5 Å². The highest BCUT2D eigenvalue weighted by atomic mass is 16.5. The van der Waals surface area contributed by atoms with E-state index in [1.54, 1.807) is 12.5 Å². The molecule has 10 nitrogen and oxygen atoms in total. The van der Waals surface area contributed by atoms with Gasteiger partial charge in [-0.05, 0) is 18.8 Å². The smallest absolute Gasteiger partial charge is 0.323 e. The molecule has 0 aliphatic rings. The fourth-order valence-corrected chi connectivity index (χ4v) is 5.34. The zero-order valence-electron chi connectivity index (χ0n) is 27.8.